The number of hydrogen-bond acceptors (Lipinski definition) is 3. The third-order valence-corrected chi connectivity index (χ3v) is 4.24. The highest BCUT2D eigenvalue weighted by molar-refractivity contribution is 7.92. The fourth-order valence-electron chi connectivity index (χ4n) is 1.60. The molecule has 0 aromatic heterocycles. The van der Waals surface area contributed by atoms with Gasteiger partial charge < -0.3 is 5.73 Å². The highest BCUT2D eigenvalue weighted by Crippen LogP contribution is 2.27. The van der Waals surface area contributed by atoms with E-state index in [0.717, 1.165) is 6.07 Å². The predicted molar refractivity (Wildman–Crippen MR) is 78.0 cm³/mol. The van der Waals surface area contributed by atoms with Crippen LogP contribution in [0, 0.1) is 11.6 Å². The van der Waals surface area contributed by atoms with Crippen molar-refractivity contribution in [3.8, 4) is 0 Å². The number of halogens is 4. The second kappa shape index (κ2) is 5.67. The van der Waals surface area contributed by atoms with Crippen LogP contribution in [0.15, 0.2) is 35.2 Å². The number of nitrogens with two attached hydrogens (primary N) is 1. The van der Waals surface area contributed by atoms with E-state index in [1.807, 2.05) is 0 Å². The summed E-state index contributed by atoms with van der Waals surface area (Å²) in [5.41, 5.74) is 5.11. The topological polar surface area (TPSA) is 72.2 Å². The van der Waals surface area contributed by atoms with Crippen molar-refractivity contribution in [1.82, 2.24) is 0 Å². The molecule has 0 heterocycles. The molecule has 0 bridgehead atoms. The van der Waals surface area contributed by atoms with Crippen LogP contribution >= 0.6 is 23.2 Å². The first-order chi connectivity index (χ1) is 9.69. The third-order valence-electron chi connectivity index (χ3n) is 2.42. The van der Waals surface area contributed by atoms with Crippen molar-refractivity contribution in [1.29, 1.82) is 0 Å². The van der Waals surface area contributed by atoms with Gasteiger partial charge in [-0.2, -0.15) is 0 Å². The molecule has 21 heavy (non-hydrogen) atoms. The van der Waals surface area contributed by atoms with Crippen LogP contribution in [-0.4, -0.2) is 8.42 Å². The maximum Gasteiger partial charge on any atom is 0.265 e. The highest BCUT2D eigenvalue weighted by Gasteiger charge is 2.23. The number of hydrogen-bond donors (Lipinski definition) is 2. The van der Waals surface area contributed by atoms with Gasteiger partial charge >= 0.3 is 0 Å². The van der Waals surface area contributed by atoms with Gasteiger partial charge in [-0.15, -0.1) is 0 Å². The van der Waals surface area contributed by atoms with Gasteiger partial charge in [0.1, 0.15) is 4.90 Å². The van der Waals surface area contributed by atoms with Crippen LogP contribution in [-0.2, 0) is 10.0 Å². The Morgan fingerprint density at radius 2 is 1.57 bits per heavy atom. The molecule has 0 fully saturated rings. The smallest absolute Gasteiger partial charge is 0.265 e. The minimum Gasteiger partial charge on any atom is -0.399 e. The average molecular weight is 353 g/mol. The van der Waals surface area contributed by atoms with Crippen molar-refractivity contribution in [2.24, 2.45) is 0 Å². The molecule has 0 unspecified atom stereocenters. The van der Waals surface area contributed by atoms with E-state index in [1.54, 1.807) is 0 Å². The standard InChI is InChI=1S/C12H8Cl2F2N2O2S/c13-6-1-7(14)3-9(2-6)18-21(19,20)11-5-8(17)4-10(15)12(11)16/h1-5,18H,17H2. The van der Waals surface area contributed by atoms with Gasteiger partial charge in [-0.25, -0.2) is 17.2 Å². The Bertz CT molecular complexity index is 793. The van der Waals surface area contributed by atoms with Crippen LogP contribution in [0.1, 0.15) is 0 Å². The van der Waals surface area contributed by atoms with Crippen LogP contribution in [0.5, 0.6) is 0 Å². The number of rotatable bonds is 3. The lowest BCUT2D eigenvalue weighted by Gasteiger charge is -2.10. The maximum atomic E-state index is 13.6. The Kier molecular flexibility index (Phi) is 4.27. The van der Waals surface area contributed by atoms with E-state index in [0.29, 0.717) is 6.07 Å². The Labute approximate surface area is 129 Å². The van der Waals surface area contributed by atoms with Crippen molar-refractivity contribution >= 4 is 44.6 Å². The van der Waals surface area contributed by atoms with Gasteiger partial charge in [0, 0.05) is 15.7 Å². The number of sulfonamides is 1. The summed E-state index contributed by atoms with van der Waals surface area (Å²) in [5.74, 6) is -2.88. The maximum absolute atomic E-state index is 13.6. The molecule has 0 spiro atoms. The molecule has 0 saturated carbocycles. The molecule has 0 aliphatic heterocycles. The molecule has 0 aliphatic carbocycles. The molecule has 3 N–H and O–H groups in total. The number of nitrogens with one attached hydrogen (secondary N) is 1. The predicted octanol–water partition coefficient (Wildman–Crippen LogP) is 3.65. The van der Waals surface area contributed by atoms with Gasteiger partial charge in [-0.3, -0.25) is 4.72 Å². The lowest BCUT2D eigenvalue weighted by Crippen LogP contribution is -2.16. The molecule has 112 valence electrons. The number of nitrogen functional groups attached to an aromatic ring is 1. The van der Waals surface area contributed by atoms with Crippen LogP contribution in [0.3, 0.4) is 0 Å². The number of anilines is 2. The molecule has 0 amide bonds. The molecule has 2 aromatic carbocycles. The molecule has 2 rings (SSSR count). The second-order valence-corrected chi connectivity index (χ2v) is 6.60. The van der Waals surface area contributed by atoms with Crippen molar-refractivity contribution in [2.75, 3.05) is 10.5 Å². The summed E-state index contributed by atoms with van der Waals surface area (Å²) in [6.45, 7) is 0. The number of benzene rings is 2. The fourth-order valence-corrected chi connectivity index (χ4v) is 3.29. The molecular weight excluding hydrogens is 345 g/mol. The van der Waals surface area contributed by atoms with Gasteiger partial charge in [-0.1, -0.05) is 23.2 Å². The zero-order valence-electron chi connectivity index (χ0n) is 10.2. The van der Waals surface area contributed by atoms with E-state index >= 15 is 0 Å². The van der Waals surface area contributed by atoms with Crippen molar-refractivity contribution in [3.63, 3.8) is 0 Å². The van der Waals surface area contributed by atoms with Crippen LogP contribution in [0.4, 0.5) is 20.2 Å². The molecule has 4 nitrogen and oxygen atoms in total. The summed E-state index contributed by atoms with van der Waals surface area (Å²) in [7, 11) is -4.38. The molecule has 0 aliphatic rings. The summed E-state index contributed by atoms with van der Waals surface area (Å²) < 4.78 is 53.1. The van der Waals surface area contributed by atoms with Crippen LogP contribution < -0.4 is 10.5 Å². The minimum atomic E-state index is -4.38. The van der Waals surface area contributed by atoms with Gasteiger partial charge in [0.2, 0.25) is 0 Å². The van der Waals surface area contributed by atoms with E-state index < -0.39 is 26.6 Å². The van der Waals surface area contributed by atoms with Crippen molar-refractivity contribution in [2.45, 2.75) is 4.90 Å². The van der Waals surface area contributed by atoms with E-state index in [9.17, 15) is 17.2 Å². The molecule has 0 radical (unpaired) electrons. The molecule has 0 atom stereocenters. The minimum absolute atomic E-state index is 0.00901. The van der Waals surface area contributed by atoms with Gasteiger partial charge in [0.15, 0.2) is 11.6 Å². The van der Waals surface area contributed by atoms with Crippen molar-refractivity contribution in [3.05, 3.63) is 52.0 Å². The quantitative estimate of drug-likeness (QED) is 0.828. The largest absolute Gasteiger partial charge is 0.399 e. The molecule has 2 aromatic rings. The lowest BCUT2D eigenvalue weighted by molar-refractivity contribution is 0.486. The SMILES string of the molecule is Nc1cc(F)c(F)c(S(=O)(=O)Nc2cc(Cl)cc(Cl)c2)c1. The fraction of sp³-hybridized carbons (Fsp3) is 0. The Morgan fingerprint density at radius 1 is 1.00 bits per heavy atom. The third kappa shape index (κ3) is 3.55. The van der Waals surface area contributed by atoms with Crippen molar-refractivity contribution < 1.29 is 17.2 Å². The normalized spacial score (nSPS) is 11.4. The Morgan fingerprint density at radius 3 is 2.14 bits per heavy atom. The lowest BCUT2D eigenvalue weighted by atomic mass is 10.3. The molecule has 9 heteroatoms. The zero-order chi connectivity index (χ0) is 15.8. The van der Waals surface area contributed by atoms with Crippen LogP contribution in [0.2, 0.25) is 10.0 Å². The van der Waals surface area contributed by atoms with E-state index in [1.165, 1.54) is 18.2 Å². The summed E-state index contributed by atoms with van der Waals surface area (Å²) in [4.78, 5) is -0.906. The van der Waals surface area contributed by atoms with E-state index in [4.69, 9.17) is 28.9 Å². The summed E-state index contributed by atoms with van der Waals surface area (Å²) in [5, 5.41) is 0.360. The average Bonchev–Trinajstić information content (AvgIpc) is 2.31. The molecular formula is C12H8Cl2F2N2O2S. The highest BCUT2D eigenvalue weighted by atomic mass is 35.5. The van der Waals surface area contributed by atoms with E-state index in [2.05, 4.69) is 4.72 Å². The second-order valence-electron chi connectivity index (χ2n) is 4.08. The Balaban J connectivity index is 2.48. The van der Waals surface area contributed by atoms with Gasteiger partial charge in [-0.05, 0) is 30.3 Å². The first kappa shape index (κ1) is 15.8. The summed E-state index contributed by atoms with van der Waals surface area (Å²) >= 11 is 11.5. The first-order valence-corrected chi connectivity index (χ1v) is 7.66. The van der Waals surface area contributed by atoms with Gasteiger partial charge in [0.05, 0.1) is 5.69 Å². The molecule has 0 saturated heterocycles. The van der Waals surface area contributed by atoms with E-state index in [-0.39, 0.29) is 21.4 Å². The summed E-state index contributed by atoms with van der Waals surface area (Å²) in [6.07, 6.45) is 0. The first-order valence-electron chi connectivity index (χ1n) is 5.42. The monoisotopic (exact) mass is 352 g/mol. The van der Waals surface area contributed by atoms with Crippen LogP contribution in [0.25, 0.3) is 0 Å². The zero-order valence-corrected chi connectivity index (χ0v) is 12.5. The Hall–Kier alpha value is -1.57. The summed E-state index contributed by atoms with van der Waals surface area (Å²) in [6, 6.07) is 5.43. The van der Waals surface area contributed by atoms with Gasteiger partial charge in [0.25, 0.3) is 10.0 Å².